The van der Waals surface area contributed by atoms with Crippen molar-refractivity contribution in [2.24, 2.45) is 7.05 Å². The first-order valence-corrected chi connectivity index (χ1v) is 7.74. The van der Waals surface area contributed by atoms with Gasteiger partial charge in [0.25, 0.3) is 0 Å². The molecule has 0 unspecified atom stereocenters. The summed E-state index contributed by atoms with van der Waals surface area (Å²) in [5.41, 5.74) is 3.12. The van der Waals surface area contributed by atoms with Crippen molar-refractivity contribution < 1.29 is 9.53 Å². The van der Waals surface area contributed by atoms with E-state index < -0.39 is 0 Å². The second kappa shape index (κ2) is 7.04. The highest BCUT2D eigenvalue weighted by atomic mass is 16.5. The first-order valence-electron chi connectivity index (χ1n) is 7.74. The molecule has 1 aromatic carbocycles. The molecule has 0 fully saturated rings. The van der Waals surface area contributed by atoms with Crippen LogP contribution in [0.3, 0.4) is 0 Å². The minimum atomic E-state index is -0.115. The Balaban J connectivity index is 1.56. The summed E-state index contributed by atoms with van der Waals surface area (Å²) in [6, 6.07) is 5.92. The summed E-state index contributed by atoms with van der Waals surface area (Å²) in [6.07, 6.45) is 9.56. The third-order valence-corrected chi connectivity index (χ3v) is 3.82. The fraction of sp³-hybridized carbons (Fsp3) is 0.222. The van der Waals surface area contributed by atoms with E-state index in [2.05, 4.69) is 15.4 Å². The van der Waals surface area contributed by atoms with Crippen molar-refractivity contribution in [2.45, 2.75) is 6.42 Å². The van der Waals surface area contributed by atoms with E-state index >= 15 is 0 Å². The molecule has 2 heterocycles. The number of amides is 1. The Morgan fingerprint density at radius 3 is 3.08 bits per heavy atom. The summed E-state index contributed by atoms with van der Waals surface area (Å²) in [5, 5.41) is 8.07. The molecule has 3 rings (SSSR count). The van der Waals surface area contributed by atoms with Crippen LogP contribution < -0.4 is 10.1 Å². The lowest BCUT2D eigenvalue weighted by Gasteiger charge is -2.03. The van der Waals surface area contributed by atoms with Crippen molar-refractivity contribution in [1.29, 1.82) is 0 Å². The van der Waals surface area contributed by atoms with E-state index in [1.807, 2.05) is 37.6 Å². The maximum Gasteiger partial charge on any atom is 0.244 e. The van der Waals surface area contributed by atoms with Crippen LogP contribution in [0, 0.1) is 0 Å². The van der Waals surface area contributed by atoms with Crippen LogP contribution in [-0.4, -0.2) is 34.3 Å². The first-order chi connectivity index (χ1) is 11.7. The highest BCUT2D eigenvalue weighted by Crippen LogP contribution is 2.23. The van der Waals surface area contributed by atoms with Gasteiger partial charge in [-0.05, 0) is 36.3 Å². The second-order valence-electron chi connectivity index (χ2n) is 5.55. The molecule has 0 saturated heterocycles. The van der Waals surface area contributed by atoms with E-state index in [1.165, 1.54) is 6.08 Å². The van der Waals surface area contributed by atoms with E-state index in [0.717, 1.165) is 34.2 Å². The predicted octanol–water partition coefficient (Wildman–Crippen LogP) is 2.28. The average molecular weight is 324 g/mol. The molecule has 0 spiro atoms. The summed E-state index contributed by atoms with van der Waals surface area (Å²) in [7, 11) is 3.50. The molecule has 1 amide bonds. The molecular weight excluding hydrogens is 304 g/mol. The van der Waals surface area contributed by atoms with Gasteiger partial charge in [-0.1, -0.05) is 0 Å². The standard InChI is InChI=1S/C18H20N4O2/c1-22-12-13(10-21-22)3-6-18(23)19-8-7-14-11-20-17-5-4-15(24-2)9-16(14)17/h3-6,9-12,20H,7-8H2,1-2H3,(H,19,23)/b6-3+. The molecule has 6 heteroatoms. The van der Waals surface area contributed by atoms with Crippen LogP contribution in [-0.2, 0) is 18.3 Å². The van der Waals surface area contributed by atoms with Gasteiger partial charge in [0, 0.05) is 48.5 Å². The van der Waals surface area contributed by atoms with Crippen LogP contribution >= 0.6 is 0 Å². The monoisotopic (exact) mass is 324 g/mol. The second-order valence-corrected chi connectivity index (χ2v) is 5.55. The number of methoxy groups -OCH3 is 1. The first kappa shape index (κ1) is 15.9. The molecule has 3 aromatic rings. The van der Waals surface area contributed by atoms with Gasteiger partial charge in [-0.25, -0.2) is 0 Å². The topological polar surface area (TPSA) is 71.9 Å². The van der Waals surface area contributed by atoms with Gasteiger partial charge < -0.3 is 15.0 Å². The van der Waals surface area contributed by atoms with Gasteiger partial charge in [-0.2, -0.15) is 5.10 Å². The predicted molar refractivity (Wildman–Crippen MR) is 93.8 cm³/mol. The van der Waals surface area contributed by atoms with Crippen LogP contribution in [0.5, 0.6) is 5.75 Å². The molecular formula is C18H20N4O2. The average Bonchev–Trinajstić information content (AvgIpc) is 3.19. The summed E-state index contributed by atoms with van der Waals surface area (Å²) in [5.74, 6) is 0.711. The van der Waals surface area contributed by atoms with E-state index in [-0.39, 0.29) is 5.91 Å². The van der Waals surface area contributed by atoms with Crippen LogP contribution in [0.25, 0.3) is 17.0 Å². The van der Waals surface area contributed by atoms with Crippen molar-refractivity contribution in [1.82, 2.24) is 20.1 Å². The SMILES string of the molecule is COc1ccc2[nH]cc(CCNC(=O)/C=C/c3cnn(C)c3)c2c1. The molecule has 0 aliphatic heterocycles. The number of carbonyl (C=O) groups excluding carboxylic acids is 1. The summed E-state index contributed by atoms with van der Waals surface area (Å²) in [4.78, 5) is 15.1. The van der Waals surface area contributed by atoms with Crippen LogP contribution in [0.1, 0.15) is 11.1 Å². The summed E-state index contributed by atoms with van der Waals surface area (Å²) in [6.45, 7) is 0.570. The number of nitrogens with one attached hydrogen (secondary N) is 2. The number of fused-ring (bicyclic) bond motifs is 1. The number of nitrogens with zero attached hydrogens (tertiary/aromatic N) is 2. The molecule has 0 bridgehead atoms. The minimum absolute atomic E-state index is 0.115. The lowest BCUT2D eigenvalue weighted by molar-refractivity contribution is -0.116. The van der Waals surface area contributed by atoms with E-state index in [9.17, 15) is 4.79 Å². The normalized spacial score (nSPS) is 11.2. The summed E-state index contributed by atoms with van der Waals surface area (Å²) < 4.78 is 6.96. The number of rotatable bonds is 6. The Morgan fingerprint density at radius 2 is 2.33 bits per heavy atom. The van der Waals surface area contributed by atoms with Gasteiger partial charge in [0.1, 0.15) is 5.75 Å². The lowest BCUT2D eigenvalue weighted by Crippen LogP contribution is -2.23. The number of aromatic nitrogens is 3. The highest BCUT2D eigenvalue weighted by Gasteiger charge is 2.05. The Morgan fingerprint density at radius 1 is 1.46 bits per heavy atom. The zero-order valence-electron chi connectivity index (χ0n) is 13.7. The van der Waals surface area contributed by atoms with Crippen molar-refractivity contribution in [3.05, 3.63) is 54.0 Å². The number of ether oxygens (including phenoxy) is 1. The Hall–Kier alpha value is -3.02. The number of carbonyl (C=O) groups is 1. The smallest absolute Gasteiger partial charge is 0.244 e. The van der Waals surface area contributed by atoms with Crippen molar-refractivity contribution in [2.75, 3.05) is 13.7 Å². The highest BCUT2D eigenvalue weighted by molar-refractivity contribution is 5.91. The quantitative estimate of drug-likeness (QED) is 0.683. The molecule has 0 aliphatic rings. The zero-order chi connectivity index (χ0) is 16.9. The molecule has 24 heavy (non-hydrogen) atoms. The number of aryl methyl sites for hydroxylation is 1. The molecule has 2 aromatic heterocycles. The van der Waals surface area contributed by atoms with Gasteiger partial charge >= 0.3 is 0 Å². The number of aromatic amines is 1. The lowest BCUT2D eigenvalue weighted by atomic mass is 10.1. The van der Waals surface area contributed by atoms with Gasteiger partial charge in [0.05, 0.1) is 13.3 Å². The molecule has 2 N–H and O–H groups in total. The summed E-state index contributed by atoms with van der Waals surface area (Å²) >= 11 is 0. The Kier molecular flexibility index (Phi) is 4.65. The molecule has 0 radical (unpaired) electrons. The van der Waals surface area contributed by atoms with Gasteiger partial charge in [-0.15, -0.1) is 0 Å². The van der Waals surface area contributed by atoms with Gasteiger partial charge in [0.2, 0.25) is 5.91 Å². The molecule has 6 nitrogen and oxygen atoms in total. The number of benzene rings is 1. The van der Waals surface area contributed by atoms with Crippen molar-refractivity contribution in [3.8, 4) is 5.75 Å². The fourth-order valence-corrected chi connectivity index (χ4v) is 2.57. The maximum absolute atomic E-state index is 11.9. The maximum atomic E-state index is 11.9. The van der Waals surface area contributed by atoms with Crippen molar-refractivity contribution in [3.63, 3.8) is 0 Å². The Labute approximate surface area is 140 Å². The van der Waals surface area contributed by atoms with E-state index in [0.29, 0.717) is 6.54 Å². The number of H-pyrrole nitrogens is 1. The minimum Gasteiger partial charge on any atom is -0.497 e. The van der Waals surface area contributed by atoms with Gasteiger partial charge in [0.15, 0.2) is 0 Å². The van der Waals surface area contributed by atoms with Crippen LogP contribution in [0.2, 0.25) is 0 Å². The third kappa shape index (κ3) is 3.65. The number of hydrogen-bond acceptors (Lipinski definition) is 3. The van der Waals surface area contributed by atoms with Crippen molar-refractivity contribution >= 4 is 22.9 Å². The zero-order valence-corrected chi connectivity index (χ0v) is 13.7. The molecule has 0 saturated carbocycles. The van der Waals surface area contributed by atoms with E-state index in [4.69, 9.17) is 4.74 Å². The molecule has 0 aliphatic carbocycles. The largest absolute Gasteiger partial charge is 0.497 e. The number of hydrogen-bond donors (Lipinski definition) is 2. The Bertz CT molecular complexity index is 876. The molecule has 124 valence electrons. The molecule has 0 atom stereocenters. The van der Waals surface area contributed by atoms with Crippen LogP contribution in [0.15, 0.2) is 42.9 Å². The van der Waals surface area contributed by atoms with Gasteiger partial charge in [-0.3, -0.25) is 9.48 Å². The van der Waals surface area contributed by atoms with E-state index in [1.54, 1.807) is 24.1 Å². The third-order valence-electron chi connectivity index (χ3n) is 3.82. The fourth-order valence-electron chi connectivity index (χ4n) is 2.57. The van der Waals surface area contributed by atoms with Crippen LogP contribution in [0.4, 0.5) is 0 Å².